The number of alkyl halides is 3. The molecule has 12 heavy (non-hydrogen) atoms. The summed E-state index contributed by atoms with van der Waals surface area (Å²) < 4.78 is 35.1. The van der Waals surface area contributed by atoms with Gasteiger partial charge >= 0.3 is 6.18 Å². The predicted molar refractivity (Wildman–Crippen MR) is 40.4 cm³/mol. The summed E-state index contributed by atoms with van der Waals surface area (Å²) in [6, 6.07) is 0. The van der Waals surface area contributed by atoms with Crippen molar-refractivity contribution in [2.24, 2.45) is 0 Å². The van der Waals surface area contributed by atoms with E-state index >= 15 is 0 Å². The molecule has 0 saturated heterocycles. The molecule has 0 bridgehead atoms. The van der Waals surface area contributed by atoms with Gasteiger partial charge in [0, 0.05) is 6.42 Å². The maximum atomic E-state index is 11.7. The molecule has 0 atom stereocenters. The molecule has 0 spiro atoms. The first kappa shape index (κ1) is 9.36. The molecule has 0 saturated carbocycles. The van der Waals surface area contributed by atoms with Crippen LogP contribution < -0.4 is 0 Å². The predicted octanol–water partition coefficient (Wildman–Crippen LogP) is 3.41. The molecule has 1 aliphatic carbocycles. The van der Waals surface area contributed by atoms with Gasteiger partial charge in [-0.2, -0.15) is 13.2 Å². The highest BCUT2D eigenvalue weighted by molar-refractivity contribution is 5.22. The Kier molecular flexibility index (Phi) is 2.95. The summed E-state index contributed by atoms with van der Waals surface area (Å²) in [6.07, 6.45) is 3.38. The first-order valence-electron chi connectivity index (χ1n) is 3.90. The van der Waals surface area contributed by atoms with Crippen molar-refractivity contribution < 1.29 is 13.2 Å². The highest BCUT2D eigenvalue weighted by Crippen LogP contribution is 2.24. The summed E-state index contributed by atoms with van der Waals surface area (Å²) in [7, 11) is 0. The minimum atomic E-state index is -4.01. The summed E-state index contributed by atoms with van der Waals surface area (Å²) in [6.45, 7) is 0. The van der Waals surface area contributed by atoms with Crippen molar-refractivity contribution >= 4 is 0 Å². The van der Waals surface area contributed by atoms with Crippen LogP contribution in [-0.4, -0.2) is 6.18 Å². The Bertz CT molecular complexity index is 198. The Morgan fingerprint density at radius 1 is 1.42 bits per heavy atom. The fourth-order valence-electron chi connectivity index (χ4n) is 1.11. The maximum Gasteiger partial charge on any atom is 0.389 e. The summed E-state index contributed by atoms with van der Waals surface area (Å²) in [4.78, 5) is 0. The average Bonchev–Trinajstić information content (AvgIpc) is 2.36. The van der Waals surface area contributed by atoms with Crippen LogP contribution in [0.1, 0.15) is 25.7 Å². The van der Waals surface area contributed by atoms with Gasteiger partial charge in [0.05, 0.1) is 0 Å². The zero-order valence-electron chi connectivity index (χ0n) is 6.62. The number of rotatable bonds is 3. The standard InChI is InChI=1S/C9H10F3/c10-9(11,12)7-3-6-8-4-1-2-5-8/h4-5H,1,3,6-7H2. The lowest BCUT2D eigenvalue weighted by Crippen LogP contribution is -2.06. The van der Waals surface area contributed by atoms with E-state index in [4.69, 9.17) is 0 Å². The molecule has 0 fully saturated rings. The van der Waals surface area contributed by atoms with Gasteiger partial charge in [-0.15, -0.1) is 0 Å². The third kappa shape index (κ3) is 3.60. The Morgan fingerprint density at radius 2 is 2.17 bits per heavy atom. The van der Waals surface area contributed by atoms with Crippen LogP contribution >= 0.6 is 0 Å². The van der Waals surface area contributed by atoms with Gasteiger partial charge in [0.1, 0.15) is 0 Å². The second kappa shape index (κ2) is 3.78. The largest absolute Gasteiger partial charge is 0.389 e. The summed E-state index contributed by atoms with van der Waals surface area (Å²) in [5.41, 5.74) is 0.985. The molecule has 3 heteroatoms. The molecule has 67 valence electrons. The lowest BCUT2D eigenvalue weighted by Gasteiger charge is -2.04. The molecule has 1 aliphatic rings. The zero-order chi connectivity index (χ0) is 9.03. The van der Waals surface area contributed by atoms with E-state index in [0.717, 1.165) is 12.0 Å². The van der Waals surface area contributed by atoms with E-state index in [1.165, 1.54) is 0 Å². The Balaban J connectivity index is 2.14. The van der Waals surface area contributed by atoms with E-state index in [0.29, 0.717) is 6.42 Å². The normalized spacial score (nSPS) is 16.8. The molecule has 1 rings (SSSR count). The Hall–Kier alpha value is -0.730. The minimum Gasteiger partial charge on any atom is -0.171 e. The van der Waals surface area contributed by atoms with Crippen molar-refractivity contribution in [2.75, 3.05) is 0 Å². The quantitative estimate of drug-likeness (QED) is 0.616. The smallest absolute Gasteiger partial charge is 0.171 e. The molecule has 1 radical (unpaired) electrons. The molecule has 0 aliphatic heterocycles. The number of hydrogen-bond acceptors (Lipinski definition) is 0. The van der Waals surface area contributed by atoms with Gasteiger partial charge in [0.15, 0.2) is 0 Å². The van der Waals surface area contributed by atoms with Gasteiger partial charge in [-0.05, 0) is 25.3 Å². The topological polar surface area (TPSA) is 0 Å². The molecule has 0 aromatic heterocycles. The van der Waals surface area contributed by atoms with E-state index in [2.05, 4.69) is 6.08 Å². The lowest BCUT2D eigenvalue weighted by molar-refractivity contribution is -0.135. The Morgan fingerprint density at radius 3 is 2.67 bits per heavy atom. The van der Waals surface area contributed by atoms with Crippen LogP contribution in [0.4, 0.5) is 13.2 Å². The van der Waals surface area contributed by atoms with Gasteiger partial charge in [0.2, 0.25) is 0 Å². The van der Waals surface area contributed by atoms with E-state index in [1.54, 1.807) is 6.08 Å². The Labute approximate surface area is 69.8 Å². The highest BCUT2D eigenvalue weighted by atomic mass is 19.4. The molecule has 0 N–H and O–H groups in total. The van der Waals surface area contributed by atoms with Crippen LogP contribution in [-0.2, 0) is 0 Å². The third-order valence-corrected chi connectivity index (χ3v) is 1.70. The van der Waals surface area contributed by atoms with Crippen molar-refractivity contribution in [1.29, 1.82) is 0 Å². The van der Waals surface area contributed by atoms with Gasteiger partial charge in [0.25, 0.3) is 0 Å². The van der Waals surface area contributed by atoms with Crippen molar-refractivity contribution in [2.45, 2.75) is 31.9 Å². The second-order valence-electron chi connectivity index (χ2n) is 2.80. The summed E-state index contributed by atoms with van der Waals surface area (Å²) in [5, 5.41) is 0. The van der Waals surface area contributed by atoms with Crippen LogP contribution in [0.2, 0.25) is 0 Å². The van der Waals surface area contributed by atoms with Gasteiger partial charge in [-0.3, -0.25) is 0 Å². The van der Waals surface area contributed by atoms with Crippen LogP contribution in [0.5, 0.6) is 0 Å². The molecule has 0 aromatic carbocycles. The molecule has 0 heterocycles. The molecular formula is C9H10F3. The second-order valence-corrected chi connectivity index (χ2v) is 2.80. The number of halogens is 3. The first-order valence-corrected chi connectivity index (χ1v) is 3.90. The van der Waals surface area contributed by atoms with E-state index in [-0.39, 0.29) is 6.42 Å². The fraction of sp³-hybridized carbons (Fsp3) is 0.556. The molecular weight excluding hydrogens is 165 g/mol. The SMILES string of the molecule is FC(F)(F)CCCC1=CC[C]=C1. The highest BCUT2D eigenvalue weighted by Gasteiger charge is 2.25. The van der Waals surface area contributed by atoms with Crippen molar-refractivity contribution in [1.82, 2.24) is 0 Å². The van der Waals surface area contributed by atoms with Gasteiger partial charge in [-0.1, -0.05) is 17.7 Å². The van der Waals surface area contributed by atoms with E-state index < -0.39 is 12.6 Å². The fourth-order valence-corrected chi connectivity index (χ4v) is 1.11. The zero-order valence-corrected chi connectivity index (χ0v) is 6.62. The first-order chi connectivity index (χ1) is 5.58. The monoisotopic (exact) mass is 175 g/mol. The van der Waals surface area contributed by atoms with Crippen LogP contribution in [0.3, 0.4) is 0 Å². The maximum absolute atomic E-state index is 11.7. The number of allylic oxidation sites excluding steroid dienone is 4. The minimum absolute atomic E-state index is 0.188. The van der Waals surface area contributed by atoms with E-state index in [9.17, 15) is 13.2 Å². The third-order valence-electron chi connectivity index (χ3n) is 1.70. The van der Waals surface area contributed by atoms with E-state index in [1.807, 2.05) is 6.08 Å². The summed E-state index contributed by atoms with van der Waals surface area (Å²) >= 11 is 0. The summed E-state index contributed by atoms with van der Waals surface area (Å²) in [5.74, 6) is 0. The molecule has 0 unspecified atom stereocenters. The molecule has 0 aromatic rings. The molecule has 0 amide bonds. The lowest BCUT2D eigenvalue weighted by atomic mass is 10.1. The molecule has 0 nitrogen and oxygen atoms in total. The van der Waals surface area contributed by atoms with Gasteiger partial charge in [-0.25, -0.2) is 0 Å². The average molecular weight is 175 g/mol. The van der Waals surface area contributed by atoms with Crippen LogP contribution in [0.15, 0.2) is 17.7 Å². The van der Waals surface area contributed by atoms with Crippen molar-refractivity contribution in [3.63, 3.8) is 0 Å². The van der Waals surface area contributed by atoms with Crippen LogP contribution in [0, 0.1) is 6.08 Å². The number of hydrogen-bond donors (Lipinski definition) is 0. The van der Waals surface area contributed by atoms with Crippen molar-refractivity contribution in [3.8, 4) is 0 Å². The van der Waals surface area contributed by atoms with Gasteiger partial charge < -0.3 is 0 Å². The van der Waals surface area contributed by atoms with Crippen molar-refractivity contribution in [3.05, 3.63) is 23.8 Å². The van der Waals surface area contributed by atoms with Crippen LogP contribution in [0.25, 0.3) is 0 Å².